The molecule has 1 aliphatic heterocycles. The van der Waals surface area contributed by atoms with Crippen LogP contribution in [-0.2, 0) is 9.53 Å². The number of urea groups is 1. The van der Waals surface area contributed by atoms with Gasteiger partial charge in [0.15, 0.2) is 0 Å². The Hall–Kier alpha value is -2.08. The van der Waals surface area contributed by atoms with Crippen molar-refractivity contribution < 1.29 is 14.3 Å². The molecule has 1 saturated heterocycles. The third kappa shape index (κ3) is 3.95. The van der Waals surface area contributed by atoms with Gasteiger partial charge in [0, 0.05) is 38.3 Å². The lowest BCUT2D eigenvalue weighted by Gasteiger charge is -2.24. The van der Waals surface area contributed by atoms with E-state index in [2.05, 4.69) is 17.6 Å². The van der Waals surface area contributed by atoms with E-state index in [1.165, 1.54) is 0 Å². The first-order valence-electron chi connectivity index (χ1n) is 8.98. The Morgan fingerprint density at radius 2 is 2.08 bits per heavy atom. The van der Waals surface area contributed by atoms with Gasteiger partial charge in [-0.1, -0.05) is 25.1 Å². The zero-order valence-electron chi connectivity index (χ0n) is 14.9. The minimum atomic E-state index is -0.192. The molecule has 0 unspecified atom stereocenters. The number of methoxy groups -OCH3 is 1. The summed E-state index contributed by atoms with van der Waals surface area (Å²) in [5.74, 6) is 1.38. The van der Waals surface area contributed by atoms with Crippen LogP contribution in [0.2, 0.25) is 0 Å². The van der Waals surface area contributed by atoms with Crippen molar-refractivity contribution in [2.24, 2.45) is 17.8 Å². The maximum Gasteiger partial charge on any atom is 0.319 e. The first-order valence-corrected chi connectivity index (χ1v) is 8.98. The Morgan fingerprint density at radius 3 is 2.80 bits per heavy atom. The van der Waals surface area contributed by atoms with E-state index >= 15 is 0 Å². The van der Waals surface area contributed by atoms with Crippen LogP contribution < -0.4 is 10.6 Å². The van der Waals surface area contributed by atoms with Gasteiger partial charge in [-0.05, 0) is 36.3 Å². The second-order valence-corrected chi connectivity index (χ2v) is 7.09. The van der Waals surface area contributed by atoms with E-state index in [0.29, 0.717) is 49.9 Å². The van der Waals surface area contributed by atoms with Gasteiger partial charge in [-0.2, -0.15) is 0 Å². The predicted molar refractivity (Wildman–Crippen MR) is 96.2 cm³/mol. The number of anilines is 1. The maximum absolute atomic E-state index is 12.3. The van der Waals surface area contributed by atoms with Crippen molar-refractivity contribution in [2.75, 3.05) is 32.1 Å². The molecule has 136 valence electrons. The minimum Gasteiger partial charge on any atom is -0.383 e. The van der Waals surface area contributed by atoms with Gasteiger partial charge in [0.05, 0.1) is 6.61 Å². The summed E-state index contributed by atoms with van der Waals surface area (Å²) in [5, 5.41) is 5.83. The molecule has 2 fully saturated rings. The van der Waals surface area contributed by atoms with Gasteiger partial charge in [0.25, 0.3) is 0 Å². The quantitative estimate of drug-likeness (QED) is 0.831. The van der Waals surface area contributed by atoms with Crippen molar-refractivity contribution >= 4 is 17.6 Å². The Labute approximate surface area is 148 Å². The summed E-state index contributed by atoms with van der Waals surface area (Å²) in [6.07, 6.45) is 1.60. The lowest BCUT2D eigenvalue weighted by molar-refractivity contribution is -0.129. The summed E-state index contributed by atoms with van der Waals surface area (Å²) in [5.41, 5.74) is 0.777. The van der Waals surface area contributed by atoms with Gasteiger partial charge in [-0.15, -0.1) is 0 Å². The highest BCUT2D eigenvalue weighted by Gasteiger charge is 2.50. The molecule has 0 bridgehead atoms. The second-order valence-electron chi connectivity index (χ2n) is 7.09. The van der Waals surface area contributed by atoms with Crippen molar-refractivity contribution in [2.45, 2.75) is 25.8 Å². The average Bonchev–Trinajstić information content (AvgIpc) is 3.05. The van der Waals surface area contributed by atoms with Gasteiger partial charge in [-0.3, -0.25) is 4.79 Å². The van der Waals surface area contributed by atoms with Crippen LogP contribution in [0.15, 0.2) is 30.3 Å². The number of ether oxygens (including phenoxy) is 1. The van der Waals surface area contributed by atoms with Crippen LogP contribution >= 0.6 is 0 Å². The molecule has 3 rings (SSSR count). The van der Waals surface area contributed by atoms with Gasteiger partial charge in [0.2, 0.25) is 5.91 Å². The van der Waals surface area contributed by atoms with Crippen molar-refractivity contribution in [3.05, 3.63) is 30.3 Å². The van der Waals surface area contributed by atoms with Crippen LogP contribution in [0, 0.1) is 17.8 Å². The van der Waals surface area contributed by atoms with Crippen molar-refractivity contribution in [1.82, 2.24) is 10.2 Å². The third-order valence-electron chi connectivity index (χ3n) is 5.59. The Bertz CT molecular complexity index is 607. The Kier molecular flexibility index (Phi) is 5.58. The first kappa shape index (κ1) is 17.7. The number of hydrogen-bond donors (Lipinski definition) is 2. The van der Waals surface area contributed by atoms with E-state index in [0.717, 1.165) is 12.1 Å². The second kappa shape index (κ2) is 7.87. The topological polar surface area (TPSA) is 70.7 Å². The molecule has 2 N–H and O–H groups in total. The molecule has 0 aromatic heterocycles. The number of nitrogens with zero attached hydrogens (tertiary/aromatic N) is 1. The number of carbonyl (C=O) groups is 2. The maximum atomic E-state index is 12.3. The Balaban J connectivity index is 1.54. The summed E-state index contributed by atoms with van der Waals surface area (Å²) in [6.45, 7) is 4.06. The number of rotatable bonds is 6. The SMILES string of the molecule is COCCN1C(=O)C[C@H]2[C@H](CNC(=O)Nc3ccccc3)[C@@H](C)C[C@H]21. The zero-order valence-corrected chi connectivity index (χ0v) is 14.9. The van der Waals surface area contributed by atoms with Crippen LogP contribution in [0.3, 0.4) is 0 Å². The summed E-state index contributed by atoms with van der Waals surface area (Å²) in [4.78, 5) is 26.4. The van der Waals surface area contributed by atoms with E-state index in [9.17, 15) is 9.59 Å². The molecule has 1 saturated carbocycles. The molecular weight excluding hydrogens is 318 g/mol. The summed E-state index contributed by atoms with van der Waals surface area (Å²) in [6, 6.07) is 9.50. The molecule has 1 aliphatic carbocycles. The van der Waals surface area contributed by atoms with E-state index in [-0.39, 0.29) is 11.9 Å². The summed E-state index contributed by atoms with van der Waals surface area (Å²) >= 11 is 0. The molecule has 0 spiro atoms. The van der Waals surface area contributed by atoms with Gasteiger partial charge < -0.3 is 20.3 Å². The number of para-hydroxylation sites is 1. The fraction of sp³-hybridized carbons (Fsp3) is 0.579. The smallest absolute Gasteiger partial charge is 0.319 e. The zero-order chi connectivity index (χ0) is 17.8. The van der Waals surface area contributed by atoms with Crippen LogP contribution in [0.4, 0.5) is 10.5 Å². The molecule has 1 aromatic carbocycles. The number of amides is 3. The minimum absolute atomic E-state index is 0.192. The lowest BCUT2D eigenvalue weighted by atomic mass is 9.88. The fourth-order valence-electron chi connectivity index (χ4n) is 4.33. The van der Waals surface area contributed by atoms with E-state index in [1.54, 1.807) is 7.11 Å². The van der Waals surface area contributed by atoms with Crippen LogP contribution in [0.25, 0.3) is 0 Å². The number of hydrogen-bond acceptors (Lipinski definition) is 3. The number of likely N-dealkylation sites (tertiary alicyclic amines) is 1. The molecule has 25 heavy (non-hydrogen) atoms. The number of nitrogens with one attached hydrogen (secondary N) is 2. The summed E-state index contributed by atoms with van der Waals surface area (Å²) < 4.78 is 5.13. The van der Waals surface area contributed by atoms with Gasteiger partial charge >= 0.3 is 6.03 Å². The monoisotopic (exact) mass is 345 g/mol. The third-order valence-corrected chi connectivity index (χ3v) is 5.59. The molecule has 1 heterocycles. The lowest BCUT2D eigenvalue weighted by Crippen LogP contribution is -2.37. The van der Waals surface area contributed by atoms with E-state index in [4.69, 9.17) is 4.74 Å². The highest BCUT2D eigenvalue weighted by atomic mass is 16.5. The van der Waals surface area contributed by atoms with Crippen LogP contribution in [-0.4, -0.2) is 49.7 Å². The summed E-state index contributed by atoms with van der Waals surface area (Å²) in [7, 11) is 1.66. The molecule has 4 atom stereocenters. The van der Waals surface area contributed by atoms with Crippen LogP contribution in [0.1, 0.15) is 19.8 Å². The average molecular weight is 345 g/mol. The highest BCUT2D eigenvalue weighted by Crippen LogP contribution is 2.45. The van der Waals surface area contributed by atoms with Crippen LogP contribution in [0.5, 0.6) is 0 Å². The van der Waals surface area contributed by atoms with Gasteiger partial charge in [-0.25, -0.2) is 4.79 Å². The fourth-order valence-corrected chi connectivity index (χ4v) is 4.33. The molecule has 6 heteroatoms. The molecule has 3 amide bonds. The van der Waals surface area contributed by atoms with E-state index < -0.39 is 0 Å². The largest absolute Gasteiger partial charge is 0.383 e. The Morgan fingerprint density at radius 1 is 1.32 bits per heavy atom. The first-order chi connectivity index (χ1) is 12.1. The molecular formula is C19H27N3O3. The standard InChI is InChI=1S/C19H27N3O3/c1-13-10-17-15(11-18(23)22(17)8-9-25-2)16(13)12-20-19(24)21-14-6-4-3-5-7-14/h3-7,13,15-17H,8-12H2,1-2H3,(H2,20,21,24)/t13-,15-,16+,17+/m0/s1. The highest BCUT2D eigenvalue weighted by molar-refractivity contribution is 5.89. The van der Waals surface area contributed by atoms with Gasteiger partial charge in [0.1, 0.15) is 0 Å². The number of benzene rings is 1. The molecule has 0 radical (unpaired) electrons. The van der Waals surface area contributed by atoms with Crippen molar-refractivity contribution in [1.29, 1.82) is 0 Å². The van der Waals surface area contributed by atoms with Crippen molar-refractivity contribution in [3.63, 3.8) is 0 Å². The molecule has 6 nitrogen and oxygen atoms in total. The molecule has 2 aliphatic rings. The number of carbonyl (C=O) groups excluding carboxylic acids is 2. The molecule has 1 aromatic rings. The normalized spacial score (nSPS) is 28.1. The number of fused-ring (bicyclic) bond motifs is 1. The van der Waals surface area contributed by atoms with Crippen molar-refractivity contribution in [3.8, 4) is 0 Å². The van der Waals surface area contributed by atoms with E-state index in [1.807, 2.05) is 35.2 Å². The predicted octanol–water partition coefficient (Wildman–Crippen LogP) is 2.33.